The lowest BCUT2D eigenvalue weighted by atomic mass is 9.96. The molecule has 0 aliphatic carbocycles. The van der Waals surface area contributed by atoms with Crippen molar-refractivity contribution >= 4 is 17.4 Å². The van der Waals surface area contributed by atoms with Gasteiger partial charge in [0.1, 0.15) is 5.82 Å². The van der Waals surface area contributed by atoms with Crippen molar-refractivity contribution < 1.29 is 4.79 Å². The minimum atomic E-state index is 0.324. The molecule has 2 aromatic rings. The summed E-state index contributed by atoms with van der Waals surface area (Å²) in [7, 11) is 0. The van der Waals surface area contributed by atoms with Crippen LogP contribution in [0.3, 0.4) is 0 Å². The highest BCUT2D eigenvalue weighted by Crippen LogP contribution is 2.27. The zero-order chi connectivity index (χ0) is 18.9. The molecule has 3 saturated heterocycles. The Kier molecular flexibility index (Phi) is 4.88. The van der Waals surface area contributed by atoms with Gasteiger partial charge in [0.05, 0.1) is 0 Å². The maximum atomic E-state index is 11.8. The number of hydrogen-bond acceptors (Lipinski definition) is 6. The van der Waals surface area contributed by atoms with Gasteiger partial charge >= 0.3 is 0 Å². The Morgan fingerprint density at radius 3 is 2.50 bits per heavy atom. The highest BCUT2D eigenvalue weighted by atomic mass is 16.2. The van der Waals surface area contributed by atoms with Crippen LogP contribution in [0.25, 0.3) is 5.65 Å². The predicted molar refractivity (Wildman–Crippen MR) is 106 cm³/mol. The lowest BCUT2D eigenvalue weighted by Crippen LogP contribution is -2.40. The summed E-state index contributed by atoms with van der Waals surface area (Å²) in [4.78, 5) is 18.6. The molecule has 0 saturated carbocycles. The molecule has 3 aliphatic heterocycles. The van der Waals surface area contributed by atoms with E-state index in [9.17, 15) is 4.79 Å². The van der Waals surface area contributed by atoms with Gasteiger partial charge in [-0.25, -0.2) is 0 Å². The third kappa shape index (κ3) is 3.45. The molecule has 5 heterocycles. The Balaban J connectivity index is 1.22. The van der Waals surface area contributed by atoms with Gasteiger partial charge in [-0.2, -0.15) is 4.52 Å². The molecule has 150 valence electrons. The lowest BCUT2D eigenvalue weighted by molar-refractivity contribution is -0.127. The summed E-state index contributed by atoms with van der Waals surface area (Å²) >= 11 is 0. The van der Waals surface area contributed by atoms with Crippen molar-refractivity contribution in [2.45, 2.75) is 44.4 Å². The molecule has 8 heteroatoms. The average Bonchev–Trinajstić information content (AvgIpc) is 3.47. The first-order valence-electron chi connectivity index (χ1n) is 10.8. The first-order chi connectivity index (χ1) is 13.8. The highest BCUT2D eigenvalue weighted by molar-refractivity contribution is 5.78. The second kappa shape index (κ2) is 7.66. The molecule has 8 nitrogen and oxygen atoms in total. The molecule has 3 fully saturated rings. The Labute approximate surface area is 165 Å². The van der Waals surface area contributed by atoms with Crippen molar-refractivity contribution in [3.8, 4) is 0 Å². The Morgan fingerprint density at radius 2 is 1.75 bits per heavy atom. The van der Waals surface area contributed by atoms with Crippen molar-refractivity contribution in [2.75, 3.05) is 50.7 Å². The van der Waals surface area contributed by atoms with Crippen LogP contribution in [0.4, 0.5) is 5.82 Å². The van der Waals surface area contributed by atoms with Crippen LogP contribution in [0, 0.1) is 0 Å². The van der Waals surface area contributed by atoms with Gasteiger partial charge in [0.15, 0.2) is 11.5 Å². The summed E-state index contributed by atoms with van der Waals surface area (Å²) in [5.41, 5.74) is 0.841. The van der Waals surface area contributed by atoms with Gasteiger partial charge < -0.3 is 14.7 Å². The summed E-state index contributed by atoms with van der Waals surface area (Å²) in [6.07, 6.45) is 6.39. The highest BCUT2D eigenvalue weighted by Gasteiger charge is 2.27. The van der Waals surface area contributed by atoms with Crippen LogP contribution in [0.1, 0.15) is 50.3 Å². The van der Waals surface area contributed by atoms with E-state index in [1.165, 1.54) is 12.8 Å². The average molecular weight is 384 g/mol. The molecule has 0 atom stereocenters. The summed E-state index contributed by atoms with van der Waals surface area (Å²) in [5, 5.41) is 13.7. The minimum Gasteiger partial charge on any atom is -0.355 e. The fourth-order valence-electron chi connectivity index (χ4n) is 4.78. The number of nitrogens with zero attached hydrogens (tertiary/aromatic N) is 7. The fraction of sp³-hybridized carbons (Fsp3) is 0.700. The van der Waals surface area contributed by atoms with Gasteiger partial charge in [0.2, 0.25) is 5.91 Å². The lowest BCUT2D eigenvalue weighted by Gasteiger charge is -2.32. The first kappa shape index (κ1) is 17.8. The minimum absolute atomic E-state index is 0.324. The van der Waals surface area contributed by atoms with E-state index in [1.807, 2.05) is 15.5 Å². The molecule has 3 aliphatic rings. The van der Waals surface area contributed by atoms with Crippen molar-refractivity contribution in [3.05, 3.63) is 18.0 Å². The molecule has 28 heavy (non-hydrogen) atoms. The van der Waals surface area contributed by atoms with E-state index in [4.69, 9.17) is 5.10 Å². The number of carbonyl (C=O) groups is 1. The molecule has 2 aromatic heterocycles. The maximum Gasteiger partial charge on any atom is 0.222 e. The van der Waals surface area contributed by atoms with Gasteiger partial charge in [-0.15, -0.1) is 15.3 Å². The second-order valence-corrected chi connectivity index (χ2v) is 8.31. The van der Waals surface area contributed by atoms with E-state index in [0.717, 1.165) is 88.8 Å². The second-order valence-electron chi connectivity index (χ2n) is 8.31. The summed E-state index contributed by atoms with van der Waals surface area (Å²) in [5.74, 6) is 2.77. The molecule has 0 bridgehead atoms. The van der Waals surface area contributed by atoms with Crippen LogP contribution < -0.4 is 4.90 Å². The van der Waals surface area contributed by atoms with Crippen LogP contribution in [0.5, 0.6) is 0 Å². The molecule has 0 aromatic carbocycles. The molecule has 1 amide bonds. The summed E-state index contributed by atoms with van der Waals surface area (Å²) in [6.45, 7) is 7.07. The molecule has 0 radical (unpaired) electrons. The smallest absolute Gasteiger partial charge is 0.222 e. The number of carbonyl (C=O) groups excluding carboxylic acids is 1. The zero-order valence-electron chi connectivity index (χ0n) is 16.5. The number of anilines is 1. The molecule has 0 spiro atoms. The molecular weight excluding hydrogens is 354 g/mol. The topological polar surface area (TPSA) is 69.9 Å². The van der Waals surface area contributed by atoms with E-state index in [2.05, 4.69) is 26.1 Å². The number of hydrogen-bond donors (Lipinski definition) is 0. The van der Waals surface area contributed by atoms with Crippen LogP contribution in [-0.2, 0) is 4.79 Å². The summed E-state index contributed by atoms with van der Waals surface area (Å²) in [6, 6.07) is 4.11. The Hall–Kier alpha value is -2.22. The Morgan fingerprint density at radius 1 is 0.929 bits per heavy atom. The molecule has 0 N–H and O–H groups in total. The van der Waals surface area contributed by atoms with Crippen molar-refractivity contribution in [3.63, 3.8) is 0 Å². The fourth-order valence-corrected chi connectivity index (χ4v) is 4.78. The number of fused-ring (bicyclic) bond motifs is 1. The monoisotopic (exact) mass is 383 g/mol. The number of likely N-dealkylation sites (tertiary alicyclic amines) is 2. The number of piperidine rings is 1. The third-order valence-electron chi connectivity index (χ3n) is 6.51. The quantitative estimate of drug-likeness (QED) is 0.780. The van der Waals surface area contributed by atoms with E-state index < -0.39 is 0 Å². The normalized spacial score (nSPS) is 22.1. The number of rotatable bonds is 5. The first-order valence-corrected chi connectivity index (χ1v) is 10.8. The number of amides is 1. The third-order valence-corrected chi connectivity index (χ3v) is 6.51. The van der Waals surface area contributed by atoms with Gasteiger partial charge in [-0.3, -0.25) is 4.79 Å². The predicted octanol–water partition coefficient (Wildman–Crippen LogP) is 1.53. The SMILES string of the molecule is O=C1CCCN1CCN1CCC(c2nnc3ccc(N4CCCC4)nn23)CC1. The van der Waals surface area contributed by atoms with E-state index in [-0.39, 0.29) is 0 Å². The van der Waals surface area contributed by atoms with Crippen LogP contribution >= 0.6 is 0 Å². The van der Waals surface area contributed by atoms with Gasteiger partial charge in [-0.1, -0.05) is 0 Å². The Bertz CT molecular complexity index is 836. The van der Waals surface area contributed by atoms with Crippen molar-refractivity contribution in [1.82, 2.24) is 29.6 Å². The van der Waals surface area contributed by atoms with E-state index >= 15 is 0 Å². The zero-order valence-corrected chi connectivity index (χ0v) is 16.5. The number of aromatic nitrogens is 4. The van der Waals surface area contributed by atoms with Crippen LogP contribution in [0.2, 0.25) is 0 Å². The standard InChI is InChI=1S/C20H29N7O/c28-19-4-3-11-26(19)15-14-24-12-7-16(8-13-24)20-22-21-17-5-6-18(23-27(17)20)25-9-1-2-10-25/h5-6,16H,1-4,7-15H2. The van der Waals surface area contributed by atoms with Gasteiger partial charge in [0.25, 0.3) is 0 Å². The molecular formula is C20H29N7O. The van der Waals surface area contributed by atoms with Crippen molar-refractivity contribution in [1.29, 1.82) is 0 Å². The van der Waals surface area contributed by atoms with E-state index in [1.54, 1.807) is 0 Å². The molecule has 5 rings (SSSR count). The van der Waals surface area contributed by atoms with Gasteiger partial charge in [-0.05, 0) is 57.3 Å². The van der Waals surface area contributed by atoms with E-state index in [0.29, 0.717) is 11.8 Å². The maximum absolute atomic E-state index is 11.8. The summed E-state index contributed by atoms with van der Waals surface area (Å²) < 4.78 is 1.97. The van der Waals surface area contributed by atoms with Gasteiger partial charge in [0, 0.05) is 45.1 Å². The van der Waals surface area contributed by atoms with Crippen LogP contribution in [0.15, 0.2) is 12.1 Å². The van der Waals surface area contributed by atoms with Crippen LogP contribution in [-0.4, -0.2) is 81.3 Å². The molecule has 0 unspecified atom stereocenters. The largest absolute Gasteiger partial charge is 0.355 e. The van der Waals surface area contributed by atoms with Crippen molar-refractivity contribution in [2.24, 2.45) is 0 Å².